The lowest BCUT2D eigenvalue weighted by molar-refractivity contribution is 0.981. The van der Waals surface area contributed by atoms with Gasteiger partial charge in [0, 0.05) is 12.8 Å². The van der Waals surface area contributed by atoms with Gasteiger partial charge in [-0.05, 0) is 87.6 Å². The molecule has 0 aliphatic heterocycles. The van der Waals surface area contributed by atoms with Gasteiger partial charge in [-0.2, -0.15) is 0 Å². The monoisotopic (exact) mass is 494 g/mol. The fraction of sp³-hybridized carbons (Fsp3) is 0.0714. The number of fused-ring (bicyclic) bond motifs is 1. The van der Waals surface area contributed by atoms with Gasteiger partial charge in [-0.25, -0.2) is 4.98 Å². The number of benzene rings is 2. The van der Waals surface area contributed by atoms with Crippen molar-refractivity contribution in [2.45, 2.75) is 5.88 Å². The maximum absolute atomic E-state index is 6.04. The molecule has 0 spiro atoms. The molecule has 0 aliphatic rings. The SMILES string of the molecule is ClCc1nc2cc(I)ccc2n1-c1ccc(I)cc1. The quantitative estimate of drug-likeness (QED) is 0.363. The first-order valence-corrected chi connectivity index (χ1v) is 8.37. The number of imidazole rings is 1. The van der Waals surface area contributed by atoms with Crippen molar-refractivity contribution < 1.29 is 0 Å². The number of alkyl halides is 1. The summed E-state index contributed by atoms with van der Waals surface area (Å²) in [4.78, 5) is 4.62. The molecule has 2 aromatic carbocycles. The number of hydrogen-bond acceptors (Lipinski definition) is 1. The number of aromatic nitrogens is 2. The zero-order valence-electron chi connectivity index (χ0n) is 9.78. The summed E-state index contributed by atoms with van der Waals surface area (Å²) in [5, 5.41) is 0. The van der Waals surface area contributed by atoms with Gasteiger partial charge in [0.25, 0.3) is 0 Å². The van der Waals surface area contributed by atoms with Crippen LogP contribution >= 0.6 is 56.8 Å². The standard InChI is InChI=1S/C14H9ClI2N2/c15-8-14-18-12-7-10(17)3-6-13(12)19(14)11-4-1-9(16)2-5-11/h1-7H,8H2. The number of halogens is 3. The van der Waals surface area contributed by atoms with E-state index in [1.807, 2.05) is 0 Å². The highest BCUT2D eigenvalue weighted by Crippen LogP contribution is 2.24. The van der Waals surface area contributed by atoms with Crippen molar-refractivity contribution in [1.29, 1.82) is 0 Å². The molecule has 96 valence electrons. The highest BCUT2D eigenvalue weighted by Gasteiger charge is 2.11. The summed E-state index contributed by atoms with van der Waals surface area (Å²) in [6.07, 6.45) is 0. The summed E-state index contributed by atoms with van der Waals surface area (Å²) in [6, 6.07) is 14.6. The molecule has 3 aromatic rings. The van der Waals surface area contributed by atoms with Crippen molar-refractivity contribution in [3.8, 4) is 5.69 Å². The van der Waals surface area contributed by atoms with Gasteiger partial charge >= 0.3 is 0 Å². The van der Waals surface area contributed by atoms with Gasteiger partial charge in [0.15, 0.2) is 0 Å². The largest absolute Gasteiger partial charge is 0.295 e. The minimum Gasteiger partial charge on any atom is -0.295 e. The van der Waals surface area contributed by atoms with Crippen LogP contribution in [0.3, 0.4) is 0 Å². The predicted octanol–water partition coefficient (Wildman–Crippen LogP) is 4.97. The summed E-state index contributed by atoms with van der Waals surface area (Å²) < 4.78 is 4.51. The van der Waals surface area contributed by atoms with Crippen molar-refractivity contribution in [1.82, 2.24) is 9.55 Å². The maximum atomic E-state index is 6.04. The number of nitrogens with zero attached hydrogens (tertiary/aromatic N) is 2. The van der Waals surface area contributed by atoms with Crippen LogP contribution < -0.4 is 0 Å². The first-order chi connectivity index (χ1) is 9.19. The van der Waals surface area contributed by atoms with Gasteiger partial charge in [-0.3, -0.25) is 4.57 Å². The van der Waals surface area contributed by atoms with Gasteiger partial charge in [-0.15, -0.1) is 11.6 Å². The normalized spacial score (nSPS) is 11.1. The van der Waals surface area contributed by atoms with Gasteiger partial charge in [0.1, 0.15) is 5.82 Å². The van der Waals surface area contributed by atoms with Gasteiger partial charge in [-0.1, -0.05) is 0 Å². The molecule has 19 heavy (non-hydrogen) atoms. The lowest BCUT2D eigenvalue weighted by Crippen LogP contribution is -1.99. The summed E-state index contributed by atoms with van der Waals surface area (Å²) in [5.41, 5.74) is 3.18. The van der Waals surface area contributed by atoms with Crippen LogP contribution in [0.2, 0.25) is 0 Å². The molecule has 3 rings (SSSR count). The second kappa shape index (κ2) is 5.57. The van der Waals surface area contributed by atoms with Crippen molar-refractivity contribution in [2.75, 3.05) is 0 Å². The smallest absolute Gasteiger partial charge is 0.129 e. The third-order valence-electron chi connectivity index (χ3n) is 2.89. The van der Waals surface area contributed by atoms with Crippen LogP contribution in [-0.2, 0) is 5.88 Å². The Labute approximate surface area is 143 Å². The van der Waals surface area contributed by atoms with E-state index in [-0.39, 0.29) is 0 Å². The third kappa shape index (κ3) is 2.62. The van der Waals surface area contributed by atoms with Gasteiger partial charge in [0.05, 0.1) is 16.9 Å². The minimum absolute atomic E-state index is 0.400. The summed E-state index contributed by atoms with van der Waals surface area (Å²) in [6.45, 7) is 0. The highest BCUT2D eigenvalue weighted by atomic mass is 127. The van der Waals surface area contributed by atoms with E-state index in [0.717, 1.165) is 22.5 Å². The Balaban J connectivity index is 2.29. The zero-order chi connectivity index (χ0) is 13.4. The first-order valence-electron chi connectivity index (χ1n) is 5.68. The Morgan fingerprint density at radius 2 is 1.68 bits per heavy atom. The molecule has 0 aliphatic carbocycles. The van der Waals surface area contributed by atoms with Crippen LogP contribution in [0.25, 0.3) is 16.7 Å². The molecule has 0 bridgehead atoms. The Bertz CT molecular complexity index is 735. The fourth-order valence-electron chi connectivity index (χ4n) is 2.07. The van der Waals surface area contributed by atoms with Crippen molar-refractivity contribution >= 4 is 67.8 Å². The second-order valence-corrected chi connectivity index (χ2v) is 6.87. The Kier molecular flexibility index (Phi) is 4.00. The zero-order valence-corrected chi connectivity index (χ0v) is 14.8. The van der Waals surface area contributed by atoms with Crippen LogP contribution in [0.4, 0.5) is 0 Å². The molecular formula is C14H9ClI2N2. The van der Waals surface area contributed by atoms with E-state index < -0.39 is 0 Å². The molecule has 1 aromatic heterocycles. The average molecular weight is 495 g/mol. The van der Waals surface area contributed by atoms with Gasteiger partial charge < -0.3 is 0 Å². The Morgan fingerprint density at radius 1 is 1.00 bits per heavy atom. The molecule has 2 nitrogen and oxygen atoms in total. The molecule has 0 amide bonds. The molecular weight excluding hydrogens is 485 g/mol. The van der Waals surface area contributed by atoms with Crippen molar-refractivity contribution in [3.63, 3.8) is 0 Å². The van der Waals surface area contributed by atoms with Crippen LogP contribution in [-0.4, -0.2) is 9.55 Å². The Hall–Kier alpha value is -0.340. The fourth-order valence-corrected chi connectivity index (χ4v) is 3.08. The van der Waals surface area contributed by atoms with Crippen LogP contribution in [0, 0.1) is 7.14 Å². The van der Waals surface area contributed by atoms with E-state index in [1.165, 1.54) is 7.14 Å². The molecule has 0 N–H and O–H groups in total. The second-order valence-electron chi connectivity index (χ2n) is 4.11. The van der Waals surface area contributed by atoms with E-state index in [1.54, 1.807) is 0 Å². The minimum atomic E-state index is 0.400. The first kappa shape index (κ1) is 13.6. The summed E-state index contributed by atoms with van der Waals surface area (Å²) in [7, 11) is 0. The van der Waals surface area contributed by atoms with Crippen LogP contribution in [0.5, 0.6) is 0 Å². The summed E-state index contributed by atoms with van der Waals surface area (Å²) >= 11 is 10.6. The topological polar surface area (TPSA) is 17.8 Å². The average Bonchev–Trinajstić information content (AvgIpc) is 2.77. The maximum Gasteiger partial charge on any atom is 0.129 e. The van der Waals surface area contributed by atoms with Gasteiger partial charge in [0.2, 0.25) is 0 Å². The van der Waals surface area contributed by atoms with E-state index in [2.05, 4.69) is 97.2 Å². The van der Waals surface area contributed by atoms with Crippen molar-refractivity contribution in [3.05, 3.63) is 55.4 Å². The molecule has 5 heteroatoms. The highest BCUT2D eigenvalue weighted by molar-refractivity contribution is 14.1. The molecule has 1 heterocycles. The van der Waals surface area contributed by atoms with Crippen LogP contribution in [0.1, 0.15) is 5.82 Å². The lowest BCUT2D eigenvalue weighted by Gasteiger charge is -2.07. The lowest BCUT2D eigenvalue weighted by atomic mass is 10.3. The Morgan fingerprint density at radius 3 is 2.37 bits per heavy atom. The molecule has 0 radical (unpaired) electrons. The number of rotatable bonds is 2. The van der Waals surface area contributed by atoms with Crippen molar-refractivity contribution in [2.24, 2.45) is 0 Å². The van der Waals surface area contributed by atoms with E-state index in [0.29, 0.717) is 5.88 Å². The third-order valence-corrected chi connectivity index (χ3v) is 4.52. The molecule has 0 saturated heterocycles. The molecule has 0 unspecified atom stereocenters. The molecule has 0 saturated carbocycles. The molecule has 0 atom stereocenters. The summed E-state index contributed by atoms with van der Waals surface area (Å²) in [5.74, 6) is 1.27. The number of hydrogen-bond donors (Lipinski definition) is 0. The van der Waals surface area contributed by atoms with E-state index >= 15 is 0 Å². The van der Waals surface area contributed by atoms with E-state index in [4.69, 9.17) is 11.6 Å². The van der Waals surface area contributed by atoms with Crippen LogP contribution in [0.15, 0.2) is 42.5 Å². The molecule has 0 fully saturated rings. The predicted molar refractivity (Wildman–Crippen MR) is 96.1 cm³/mol. The van der Waals surface area contributed by atoms with E-state index in [9.17, 15) is 0 Å².